The van der Waals surface area contributed by atoms with E-state index >= 15 is 0 Å². The maximum Gasteiger partial charge on any atom is 0.288 e. The highest BCUT2D eigenvalue weighted by Gasteiger charge is 2.22. The quantitative estimate of drug-likeness (QED) is 0.616. The van der Waals surface area contributed by atoms with Gasteiger partial charge in [-0.15, -0.1) is 0 Å². The summed E-state index contributed by atoms with van der Waals surface area (Å²) in [4.78, 5) is 25.9. The fourth-order valence-corrected chi connectivity index (χ4v) is 3.95. The molecule has 0 saturated carbocycles. The number of benzene rings is 1. The van der Waals surface area contributed by atoms with Gasteiger partial charge in [0.25, 0.3) is 5.24 Å². The van der Waals surface area contributed by atoms with Crippen molar-refractivity contribution in [3.8, 4) is 23.0 Å². The largest absolute Gasteiger partial charge is 0.481 e. The molecule has 1 saturated heterocycles. The van der Waals surface area contributed by atoms with Crippen LogP contribution in [0.3, 0.4) is 0 Å². The molecule has 8 heteroatoms. The highest BCUT2D eigenvalue weighted by atomic mass is 32.2. The predicted molar refractivity (Wildman–Crippen MR) is 114 cm³/mol. The van der Waals surface area contributed by atoms with Crippen LogP contribution in [0.15, 0.2) is 59.9 Å². The van der Waals surface area contributed by atoms with Crippen molar-refractivity contribution in [2.24, 2.45) is 0 Å². The third-order valence-electron chi connectivity index (χ3n) is 4.88. The Bertz CT molecular complexity index is 966. The van der Waals surface area contributed by atoms with E-state index in [9.17, 15) is 4.79 Å². The number of para-hydroxylation sites is 1. The molecule has 3 heterocycles. The fourth-order valence-electron chi connectivity index (χ4n) is 3.17. The monoisotopic (exact) mass is 409 g/mol. The number of carbonyl (C=O) groups is 1. The van der Waals surface area contributed by atoms with Gasteiger partial charge < -0.3 is 14.5 Å². The van der Waals surface area contributed by atoms with Gasteiger partial charge in [0.2, 0.25) is 5.88 Å². The summed E-state index contributed by atoms with van der Waals surface area (Å²) >= 11 is 1.17. The molecule has 0 aliphatic carbocycles. The summed E-state index contributed by atoms with van der Waals surface area (Å²) in [6.45, 7) is 3.29. The summed E-state index contributed by atoms with van der Waals surface area (Å²) in [6, 6.07) is 13.7. The maximum atomic E-state index is 12.7. The molecule has 3 aromatic rings. The van der Waals surface area contributed by atoms with Crippen LogP contribution in [-0.4, -0.2) is 69.9 Å². The van der Waals surface area contributed by atoms with Crippen molar-refractivity contribution in [2.45, 2.75) is 5.03 Å². The molecular formula is C21H23N5O2S. The molecule has 0 N–H and O–H groups in total. The number of rotatable bonds is 4. The second-order valence-corrected chi connectivity index (χ2v) is 7.83. The van der Waals surface area contributed by atoms with Crippen molar-refractivity contribution < 1.29 is 9.53 Å². The minimum Gasteiger partial charge on any atom is -0.481 e. The average Bonchev–Trinajstić information content (AvgIpc) is 3.18. The van der Waals surface area contributed by atoms with Crippen LogP contribution in [0, 0.1) is 0 Å². The maximum absolute atomic E-state index is 12.7. The Morgan fingerprint density at radius 3 is 2.48 bits per heavy atom. The lowest BCUT2D eigenvalue weighted by molar-refractivity contribution is 0.172. The normalized spacial score (nSPS) is 14.8. The van der Waals surface area contributed by atoms with Gasteiger partial charge in [0, 0.05) is 55.9 Å². The lowest BCUT2D eigenvalue weighted by Crippen LogP contribution is -2.45. The van der Waals surface area contributed by atoms with Gasteiger partial charge in [-0.2, -0.15) is 0 Å². The van der Waals surface area contributed by atoms with E-state index in [0.29, 0.717) is 10.9 Å². The number of ether oxygens (including phenoxy) is 1. The lowest BCUT2D eigenvalue weighted by Gasteiger charge is -2.31. The number of thioether (sulfide) groups is 1. The molecule has 1 aliphatic rings. The number of methoxy groups -OCH3 is 1. The molecule has 0 unspecified atom stereocenters. The molecule has 1 fully saturated rings. The lowest BCUT2D eigenvalue weighted by atomic mass is 10.2. The molecule has 0 spiro atoms. The first-order valence-electron chi connectivity index (χ1n) is 9.44. The Kier molecular flexibility index (Phi) is 5.82. The Balaban J connectivity index is 1.63. The number of piperazine rings is 1. The number of aromatic nitrogens is 3. The highest BCUT2D eigenvalue weighted by Crippen LogP contribution is 2.29. The van der Waals surface area contributed by atoms with Gasteiger partial charge >= 0.3 is 0 Å². The first kappa shape index (κ1) is 19.5. The number of hydrogen-bond donors (Lipinski definition) is 0. The summed E-state index contributed by atoms with van der Waals surface area (Å²) in [5.41, 5.74) is 1.83. The molecule has 29 heavy (non-hydrogen) atoms. The fraction of sp³-hybridized carbons (Fsp3) is 0.286. The Morgan fingerprint density at radius 1 is 1.07 bits per heavy atom. The van der Waals surface area contributed by atoms with Crippen LogP contribution in [0.4, 0.5) is 4.79 Å². The van der Waals surface area contributed by atoms with Crippen molar-refractivity contribution in [2.75, 3.05) is 40.3 Å². The van der Waals surface area contributed by atoms with Crippen molar-refractivity contribution in [3.63, 3.8) is 0 Å². The summed E-state index contributed by atoms with van der Waals surface area (Å²) in [7, 11) is 3.66. The summed E-state index contributed by atoms with van der Waals surface area (Å²) in [6.07, 6.45) is 3.64. The van der Waals surface area contributed by atoms with E-state index in [1.165, 1.54) is 11.8 Å². The Hall–Kier alpha value is -2.84. The molecule has 4 rings (SSSR count). The third kappa shape index (κ3) is 4.44. The van der Waals surface area contributed by atoms with Crippen LogP contribution in [0.2, 0.25) is 0 Å². The van der Waals surface area contributed by atoms with Gasteiger partial charge in [-0.05, 0) is 37.0 Å². The van der Waals surface area contributed by atoms with E-state index in [1.807, 2.05) is 58.1 Å². The number of pyridine rings is 1. The van der Waals surface area contributed by atoms with Crippen LogP contribution in [-0.2, 0) is 0 Å². The smallest absolute Gasteiger partial charge is 0.288 e. The number of amides is 1. The van der Waals surface area contributed by atoms with Crippen LogP contribution in [0.25, 0.3) is 17.1 Å². The molecule has 0 bridgehead atoms. The number of imidazole rings is 1. The zero-order chi connectivity index (χ0) is 20.2. The van der Waals surface area contributed by atoms with E-state index in [-0.39, 0.29) is 5.24 Å². The zero-order valence-corrected chi connectivity index (χ0v) is 17.3. The minimum absolute atomic E-state index is 0.0372. The van der Waals surface area contributed by atoms with Crippen molar-refractivity contribution in [3.05, 3.63) is 54.9 Å². The second kappa shape index (κ2) is 8.67. The summed E-state index contributed by atoms with van der Waals surface area (Å²) in [5, 5.41) is 0.707. The van der Waals surface area contributed by atoms with Crippen LogP contribution in [0.5, 0.6) is 5.88 Å². The summed E-state index contributed by atoms with van der Waals surface area (Å²) < 4.78 is 7.15. The zero-order valence-electron chi connectivity index (χ0n) is 16.5. The molecule has 1 aliphatic heterocycles. The van der Waals surface area contributed by atoms with E-state index in [0.717, 1.165) is 43.3 Å². The van der Waals surface area contributed by atoms with Crippen molar-refractivity contribution in [1.29, 1.82) is 0 Å². The molecule has 7 nitrogen and oxygen atoms in total. The van der Waals surface area contributed by atoms with E-state index in [4.69, 9.17) is 9.72 Å². The second-order valence-electron chi connectivity index (χ2n) is 6.86. The van der Waals surface area contributed by atoms with Gasteiger partial charge in [0.15, 0.2) is 0 Å². The van der Waals surface area contributed by atoms with Crippen LogP contribution < -0.4 is 4.74 Å². The Morgan fingerprint density at radius 2 is 1.83 bits per heavy atom. The van der Waals surface area contributed by atoms with Crippen LogP contribution in [0.1, 0.15) is 0 Å². The standard InChI is InChI=1S/C21H23N5O2S/c1-24-10-12-25(13-11-24)21(27)29-19-15-26(17-6-4-3-5-7-17)20(23-19)16-8-9-18(28-2)22-14-16/h3-9,14-15H,10-13H2,1-2H3. The molecule has 1 aromatic carbocycles. The Labute approximate surface area is 174 Å². The van der Waals surface area contributed by atoms with Gasteiger partial charge in [0.05, 0.1) is 7.11 Å². The van der Waals surface area contributed by atoms with Crippen LogP contribution >= 0.6 is 11.8 Å². The first-order chi connectivity index (χ1) is 14.1. The van der Waals surface area contributed by atoms with Gasteiger partial charge in [-0.3, -0.25) is 9.36 Å². The average molecular weight is 410 g/mol. The van der Waals surface area contributed by atoms with E-state index in [2.05, 4.69) is 16.9 Å². The van der Waals surface area contributed by atoms with Gasteiger partial charge in [-0.1, -0.05) is 18.2 Å². The minimum atomic E-state index is 0.0372. The highest BCUT2D eigenvalue weighted by molar-refractivity contribution is 8.13. The van der Waals surface area contributed by atoms with Crippen molar-refractivity contribution in [1.82, 2.24) is 24.3 Å². The topological polar surface area (TPSA) is 63.5 Å². The van der Waals surface area contributed by atoms with Gasteiger partial charge in [-0.25, -0.2) is 9.97 Å². The third-order valence-corrected chi connectivity index (χ3v) is 5.71. The number of carbonyl (C=O) groups excluding carboxylic acids is 1. The predicted octanol–water partition coefficient (Wildman–Crippen LogP) is 3.40. The number of likely N-dealkylation sites (N-methyl/N-ethyl adjacent to an activating group) is 1. The van der Waals surface area contributed by atoms with Crippen molar-refractivity contribution >= 4 is 17.0 Å². The SMILES string of the molecule is COc1ccc(-c2nc(SC(=O)N3CCN(C)CC3)cn2-c2ccccc2)cn1. The molecule has 150 valence electrons. The first-order valence-corrected chi connectivity index (χ1v) is 10.3. The summed E-state index contributed by atoms with van der Waals surface area (Å²) in [5.74, 6) is 1.28. The molecule has 1 amide bonds. The van der Waals surface area contributed by atoms with Gasteiger partial charge in [0.1, 0.15) is 10.9 Å². The molecule has 2 aromatic heterocycles. The van der Waals surface area contributed by atoms with E-state index < -0.39 is 0 Å². The van der Waals surface area contributed by atoms with E-state index in [1.54, 1.807) is 13.3 Å². The number of hydrogen-bond acceptors (Lipinski definition) is 6. The molecular weight excluding hydrogens is 386 g/mol. The molecule has 0 radical (unpaired) electrons. The molecule has 0 atom stereocenters. The number of nitrogens with zero attached hydrogens (tertiary/aromatic N) is 5.